The average molecular weight is 245 g/mol. The highest BCUT2D eigenvalue weighted by Crippen LogP contribution is 2.36. The van der Waals surface area contributed by atoms with Crippen LogP contribution in [0.4, 0.5) is 5.69 Å². The lowest BCUT2D eigenvalue weighted by atomic mass is 10.1. The van der Waals surface area contributed by atoms with Crippen LogP contribution in [0, 0.1) is 0 Å². The molecule has 0 atom stereocenters. The van der Waals surface area contributed by atoms with Gasteiger partial charge < -0.3 is 9.08 Å². The molecule has 0 saturated carbocycles. The fraction of sp³-hybridized carbons (Fsp3) is 0.154. The quantitative estimate of drug-likeness (QED) is 0.567. The minimum Gasteiger partial charge on any atom is -0.378 e. The number of hydrogen-bond acceptors (Lipinski definition) is 3. The van der Waals surface area contributed by atoms with E-state index in [9.17, 15) is 0 Å². The van der Waals surface area contributed by atoms with Crippen LogP contribution in [0.3, 0.4) is 0 Å². The van der Waals surface area contributed by atoms with Crippen molar-refractivity contribution in [3.8, 4) is 17.0 Å². The molecule has 1 aromatic carbocycles. The predicted octanol–water partition coefficient (Wildman–Crippen LogP) is 2.51. The van der Waals surface area contributed by atoms with Gasteiger partial charge in [0.25, 0.3) is 0 Å². The molecule has 1 aliphatic rings. The Morgan fingerprint density at radius 2 is 2.06 bits per heavy atom. The van der Waals surface area contributed by atoms with Crippen molar-refractivity contribution in [1.82, 2.24) is 0 Å². The van der Waals surface area contributed by atoms with Gasteiger partial charge >= 0.3 is 12.2 Å². The highest BCUT2D eigenvalue weighted by molar-refractivity contribution is 7.88. The Kier molecular flexibility index (Phi) is 2.44. The van der Waals surface area contributed by atoms with Gasteiger partial charge in [-0.15, -0.1) is 0 Å². The molecular formula is C13H13N2OS+. The summed E-state index contributed by atoms with van der Waals surface area (Å²) < 4.78 is 7.72. The zero-order chi connectivity index (χ0) is 11.8. The summed E-state index contributed by atoms with van der Waals surface area (Å²) in [4.78, 5) is 2.07. The number of rotatable bonds is 1. The van der Waals surface area contributed by atoms with Gasteiger partial charge in [-0.25, -0.2) is 0 Å². The van der Waals surface area contributed by atoms with Crippen LogP contribution >= 0.6 is 12.2 Å². The Labute approximate surface area is 105 Å². The first-order chi connectivity index (χ1) is 8.25. The second-order valence-corrected chi connectivity index (χ2v) is 4.85. The normalized spacial score (nSPS) is 12.4. The summed E-state index contributed by atoms with van der Waals surface area (Å²) in [5.74, 6) is 0.924. The molecule has 86 valence electrons. The summed E-state index contributed by atoms with van der Waals surface area (Å²) in [6.07, 6.45) is 2.00. The molecule has 2 aromatic rings. The number of nitrogens with zero attached hydrogens (tertiary/aromatic N) is 2. The fourth-order valence-corrected chi connectivity index (χ4v) is 2.51. The van der Waals surface area contributed by atoms with Crippen LogP contribution in [0.2, 0.25) is 0 Å². The summed E-state index contributed by atoms with van der Waals surface area (Å²) >= 11 is 1.35. The number of benzene rings is 1. The van der Waals surface area contributed by atoms with Crippen LogP contribution in [0.15, 0.2) is 42.6 Å². The summed E-state index contributed by atoms with van der Waals surface area (Å²) in [6.45, 7) is 0. The van der Waals surface area contributed by atoms with E-state index in [1.165, 1.54) is 17.9 Å². The summed E-state index contributed by atoms with van der Waals surface area (Å²) in [5, 5.41) is 0. The van der Waals surface area contributed by atoms with E-state index in [-0.39, 0.29) is 0 Å². The lowest BCUT2D eigenvalue weighted by Crippen LogP contribution is -2.31. The first kappa shape index (κ1) is 10.5. The molecule has 0 amide bonds. The Hall–Kier alpha value is -1.68. The Morgan fingerprint density at radius 3 is 2.88 bits per heavy atom. The molecule has 0 unspecified atom stereocenters. The monoisotopic (exact) mass is 245 g/mol. The molecule has 0 bridgehead atoms. The molecule has 0 N–H and O–H groups in total. The molecule has 0 spiro atoms. The molecule has 0 radical (unpaired) electrons. The molecule has 0 aliphatic carbocycles. The molecule has 1 aromatic heterocycles. The van der Waals surface area contributed by atoms with Gasteiger partial charge in [0.1, 0.15) is 0 Å². The highest BCUT2D eigenvalue weighted by atomic mass is 32.2. The van der Waals surface area contributed by atoms with E-state index in [1.807, 2.05) is 36.4 Å². The average Bonchev–Trinajstić information content (AvgIpc) is 2.38. The van der Waals surface area contributed by atoms with Crippen molar-refractivity contribution in [2.24, 2.45) is 0 Å². The topological polar surface area (TPSA) is 16.4 Å². The third-order valence-corrected chi connectivity index (χ3v) is 3.52. The summed E-state index contributed by atoms with van der Waals surface area (Å²) in [7, 11) is 4.06. The standard InChI is InChI=1S/C13H13N2OS/c1-14(2)10-6-7-11-12-5-3-4-8-15(12)17-16-13(11)9-10/h3-9H,1-2H3/q+1. The second kappa shape index (κ2) is 3.96. The number of hydrogen-bond donors (Lipinski definition) is 0. The van der Waals surface area contributed by atoms with Crippen molar-refractivity contribution in [2.45, 2.75) is 0 Å². The van der Waals surface area contributed by atoms with Gasteiger partial charge in [0.15, 0.2) is 11.9 Å². The Balaban J connectivity index is 2.15. The zero-order valence-corrected chi connectivity index (χ0v) is 10.6. The number of pyridine rings is 1. The van der Waals surface area contributed by atoms with Gasteiger partial charge in [0, 0.05) is 38.0 Å². The van der Waals surface area contributed by atoms with Crippen molar-refractivity contribution >= 4 is 17.9 Å². The lowest BCUT2D eigenvalue weighted by molar-refractivity contribution is -0.488. The lowest BCUT2D eigenvalue weighted by Gasteiger charge is -2.16. The molecule has 1 aliphatic heterocycles. The molecular weight excluding hydrogens is 232 g/mol. The third kappa shape index (κ3) is 1.74. The van der Waals surface area contributed by atoms with E-state index in [1.54, 1.807) is 0 Å². The Bertz CT molecular complexity index is 569. The first-order valence-electron chi connectivity index (χ1n) is 5.43. The molecule has 4 heteroatoms. The van der Waals surface area contributed by atoms with E-state index in [2.05, 4.69) is 29.2 Å². The van der Waals surface area contributed by atoms with Crippen molar-refractivity contribution in [2.75, 3.05) is 19.0 Å². The molecule has 3 nitrogen and oxygen atoms in total. The smallest absolute Gasteiger partial charge is 0.378 e. The van der Waals surface area contributed by atoms with Gasteiger partial charge in [0.2, 0.25) is 5.69 Å². The number of fused-ring (bicyclic) bond motifs is 3. The minimum absolute atomic E-state index is 0.924. The number of anilines is 1. The van der Waals surface area contributed by atoms with E-state index in [0.717, 1.165) is 17.0 Å². The predicted molar refractivity (Wildman–Crippen MR) is 70.0 cm³/mol. The zero-order valence-electron chi connectivity index (χ0n) is 9.75. The van der Waals surface area contributed by atoms with E-state index in [0.29, 0.717) is 0 Å². The van der Waals surface area contributed by atoms with E-state index < -0.39 is 0 Å². The summed E-state index contributed by atoms with van der Waals surface area (Å²) in [6, 6.07) is 12.4. The molecule has 0 saturated heterocycles. The second-order valence-electron chi connectivity index (χ2n) is 4.14. The molecule has 0 fully saturated rings. The van der Waals surface area contributed by atoms with Crippen LogP contribution in [0.25, 0.3) is 11.3 Å². The van der Waals surface area contributed by atoms with E-state index in [4.69, 9.17) is 4.18 Å². The van der Waals surface area contributed by atoms with Gasteiger partial charge in [0.05, 0.1) is 5.56 Å². The summed E-state index contributed by atoms with van der Waals surface area (Å²) in [5.41, 5.74) is 3.45. The van der Waals surface area contributed by atoms with Crippen LogP contribution in [-0.4, -0.2) is 14.1 Å². The van der Waals surface area contributed by atoms with Gasteiger partial charge in [-0.05, 0) is 18.2 Å². The van der Waals surface area contributed by atoms with Crippen LogP contribution in [0.5, 0.6) is 5.75 Å². The molecule has 2 heterocycles. The van der Waals surface area contributed by atoms with Crippen molar-refractivity contribution < 1.29 is 8.16 Å². The maximum absolute atomic E-state index is 5.69. The van der Waals surface area contributed by atoms with Crippen LogP contribution in [0.1, 0.15) is 0 Å². The largest absolute Gasteiger partial charge is 0.409 e. The fourth-order valence-electron chi connectivity index (χ4n) is 1.85. The van der Waals surface area contributed by atoms with Gasteiger partial charge in [-0.3, -0.25) is 0 Å². The van der Waals surface area contributed by atoms with Gasteiger partial charge in [-0.1, -0.05) is 3.97 Å². The van der Waals surface area contributed by atoms with Crippen molar-refractivity contribution in [3.05, 3.63) is 42.6 Å². The number of aromatic nitrogens is 1. The Morgan fingerprint density at radius 1 is 1.18 bits per heavy atom. The van der Waals surface area contributed by atoms with Gasteiger partial charge in [-0.2, -0.15) is 0 Å². The van der Waals surface area contributed by atoms with E-state index >= 15 is 0 Å². The minimum atomic E-state index is 0.924. The maximum atomic E-state index is 5.69. The van der Waals surface area contributed by atoms with Crippen molar-refractivity contribution in [3.63, 3.8) is 0 Å². The molecule has 17 heavy (non-hydrogen) atoms. The SMILES string of the molecule is CN(C)c1ccc2c(c1)OS[n+]1ccccc1-2. The first-order valence-corrected chi connectivity index (χ1v) is 6.13. The van der Waals surface area contributed by atoms with Crippen molar-refractivity contribution in [1.29, 1.82) is 0 Å². The highest BCUT2D eigenvalue weighted by Gasteiger charge is 2.26. The van der Waals surface area contributed by atoms with Crippen LogP contribution < -0.4 is 13.1 Å². The molecule has 3 rings (SSSR count). The van der Waals surface area contributed by atoms with Crippen LogP contribution in [-0.2, 0) is 0 Å². The third-order valence-electron chi connectivity index (χ3n) is 2.79. The maximum Gasteiger partial charge on any atom is 0.409 e.